The lowest BCUT2D eigenvalue weighted by atomic mass is 9.81. The normalized spacial score (nSPS) is 20.4. The lowest BCUT2D eigenvalue weighted by molar-refractivity contribution is -0.128. The van der Waals surface area contributed by atoms with Crippen molar-refractivity contribution < 1.29 is 9.59 Å². The first-order chi connectivity index (χ1) is 11.8. The van der Waals surface area contributed by atoms with Crippen molar-refractivity contribution in [3.63, 3.8) is 0 Å². The fraction of sp³-hybridized carbons (Fsp3) is 0.600. The summed E-state index contributed by atoms with van der Waals surface area (Å²) in [6.07, 6.45) is 3.02. The van der Waals surface area contributed by atoms with E-state index in [2.05, 4.69) is 24.5 Å². The largest absolute Gasteiger partial charge is 0.356 e. The third-order valence-corrected chi connectivity index (χ3v) is 5.13. The molecule has 1 aliphatic carbocycles. The van der Waals surface area contributed by atoms with Crippen LogP contribution in [0.15, 0.2) is 12.1 Å². The van der Waals surface area contributed by atoms with Gasteiger partial charge in [-0.15, -0.1) is 0 Å². The minimum Gasteiger partial charge on any atom is -0.356 e. The highest BCUT2D eigenvalue weighted by Crippen LogP contribution is 2.32. The summed E-state index contributed by atoms with van der Waals surface area (Å²) in [7, 11) is 0. The molecule has 1 aromatic carbocycles. The molecule has 0 bridgehead atoms. The van der Waals surface area contributed by atoms with Gasteiger partial charge in [-0.1, -0.05) is 31.5 Å². The number of hydrogen-bond acceptors (Lipinski definition) is 2. The third-order valence-electron chi connectivity index (χ3n) is 4.83. The van der Waals surface area contributed by atoms with E-state index < -0.39 is 0 Å². The molecule has 2 rings (SSSR count). The number of aryl methyl sites for hydroxylation is 2. The highest BCUT2D eigenvalue weighted by atomic mass is 35.5. The lowest BCUT2D eigenvalue weighted by Gasteiger charge is -2.27. The Hall–Kier alpha value is -1.55. The quantitative estimate of drug-likeness (QED) is 0.809. The molecule has 5 heteroatoms. The van der Waals surface area contributed by atoms with Crippen molar-refractivity contribution in [3.8, 4) is 0 Å². The lowest BCUT2D eigenvalue weighted by Crippen LogP contribution is -2.37. The summed E-state index contributed by atoms with van der Waals surface area (Å²) < 4.78 is 0. The molecule has 0 spiro atoms. The molecule has 2 amide bonds. The summed E-state index contributed by atoms with van der Waals surface area (Å²) in [5.74, 6) is 0.576. The molecule has 2 N–H and O–H groups in total. The molecular formula is C20H29ClN2O2. The van der Waals surface area contributed by atoms with Crippen LogP contribution in [-0.4, -0.2) is 18.4 Å². The number of anilines is 1. The first-order valence-electron chi connectivity index (χ1n) is 9.13. The van der Waals surface area contributed by atoms with Gasteiger partial charge in [0.15, 0.2) is 0 Å². The second-order valence-electron chi connectivity index (χ2n) is 7.62. The number of amides is 2. The maximum atomic E-state index is 12.6. The van der Waals surface area contributed by atoms with E-state index in [1.807, 2.05) is 26.0 Å². The van der Waals surface area contributed by atoms with Gasteiger partial charge in [-0.3, -0.25) is 9.59 Å². The predicted octanol–water partition coefficient (Wildman–Crippen LogP) is 4.47. The maximum Gasteiger partial charge on any atom is 0.227 e. The van der Waals surface area contributed by atoms with Crippen LogP contribution in [0.2, 0.25) is 5.02 Å². The first kappa shape index (κ1) is 19.8. The number of halogens is 1. The van der Waals surface area contributed by atoms with Crippen LogP contribution >= 0.6 is 11.6 Å². The topological polar surface area (TPSA) is 58.2 Å². The van der Waals surface area contributed by atoms with Crippen LogP contribution in [0.4, 0.5) is 5.69 Å². The van der Waals surface area contributed by atoms with Crippen LogP contribution < -0.4 is 10.6 Å². The average Bonchev–Trinajstić information content (AvgIpc) is 2.55. The van der Waals surface area contributed by atoms with Gasteiger partial charge in [0, 0.05) is 18.4 Å². The minimum atomic E-state index is -0.0501. The fourth-order valence-corrected chi connectivity index (χ4v) is 3.73. The fourth-order valence-electron chi connectivity index (χ4n) is 3.37. The van der Waals surface area contributed by atoms with Gasteiger partial charge in [-0.2, -0.15) is 0 Å². The average molecular weight is 365 g/mol. The molecule has 0 unspecified atom stereocenters. The summed E-state index contributed by atoms with van der Waals surface area (Å²) in [4.78, 5) is 24.7. The third kappa shape index (κ3) is 5.46. The Morgan fingerprint density at radius 3 is 2.16 bits per heavy atom. The van der Waals surface area contributed by atoms with Crippen LogP contribution in [0.5, 0.6) is 0 Å². The van der Waals surface area contributed by atoms with Crippen molar-refractivity contribution in [2.75, 3.05) is 11.9 Å². The summed E-state index contributed by atoms with van der Waals surface area (Å²) in [5.41, 5.74) is 2.75. The van der Waals surface area contributed by atoms with E-state index in [4.69, 9.17) is 11.6 Å². The molecule has 1 saturated carbocycles. The molecule has 25 heavy (non-hydrogen) atoms. The zero-order chi connectivity index (χ0) is 18.6. The molecule has 1 aliphatic rings. The molecule has 0 saturated heterocycles. The van der Waals surface area contributed by atoms with Crippen molar-refractivity contribution in [2.45, 2.75) is 53.4 Å². The molecule has 1 aromatic rings. The number of nitrogens with one attached hydrogen (secondary N) is 2. The van der Waals surface area contributed by atoms with Crippen molar-refractivity contribution in [1.82, 2.24) is 5.32 Å². The second-order valence-corrected chi connectivity index (χ2v) is 8.02. The second kappa shape index (κ2) is 8.70. The van der Waals surface area contributed by atoms with Crippen molar-refractivity contribution >= 4 is 29.1 Å². The number of rotatable bonds is 5. The van der Waals surface area contributed by atoms with E-state index in [9.17, 15) is 9.59 Å². The Bertz CT molecular complexity index is 612. The van der Waals surface area contributed by atoms with Crippen LogP contribution in [0.1, 0.15) is 50.7 Å². The molecule has 0 radical (unpaired) electrons. The van der Waals surface area contributed by atoms with Crippen molar-refractivity contribution in [3.05, 3.63) is 28.3 Å². The Labute approximate surface area is 155 Å². The van der Waals surface area contributed by atoms with Gasteiger partial charge in [0.25, 0.3) is 0 Å². The predicted molar refractivity (Wildman–Crippen MR) is 103 cm³/mol. The number of hydrogen-bond donors (Lipinski definition) is 2. The van der Waals surface area contributed by atoms with Crippen LogP contribution in [0.25, 0.3) is 0 Å². The van der Waals surface area contributed by atoms with Gasteiger partial charge >= 0.3 is 0 Å². The van der Waals surface area contributed by atoms with E-state index in [0.717, 1.165) is 36.8 Å². The van der Waals surface area contributed by atoms with Crippen molar-refractivity contribution in [2.24, 2.45) is 17.8 Å². The molecule has 0 atom stereocenters. The van der Waals surface area contributed by atoms with Gasteiger partial charge in [0.2, 0.25) is 11.8 Å². The van der Waals surface area contributed by atoms with Gasteiger partial charge < -0.3 is 10.6 Å². The van der Waals surface area contributed by atoms with Crippen LogP contribution in [-0.2, 0) is 9.59 Å². The first-order valence-corrected chi connectivity index (χ1v) is 9.51. The minimum absolute atomic E-state index is 0.00916. The zero-order valence-electron chi connectivity index (χ0n) is 15.6. The Morgan fingerprint density at radius 2 is 1.64 bits per heavy atom. The maximum absolute atomic E-state index is 12.6. The standard InChI is InChI=1S/C20H29ClN2O2/c1-12(2)11-22-19(24)15-5-7-16(8-6-15)20(25)23-18-14(4)9-13(3)10-17(18)21/h9-10,12,15-16H,5-8,11H2,1-4H3,(H,22,24)(H,23,25). The van der Waals surface area contributed by atoms with Crippen LogP contribution in [0.3, 0.4) is 0 Å². The van der Waals surface area contributed by atoms with Gasteiger partial charge in [0.1, 0.15) is 0 Å². The van der Waals surface area contributed by atoms with Gasteiger partial charge in [-0.25, -0.2) is 0 Å². The van der Waals surface area contributed by atoms with E-state index in [1.165, 1.54) is 0 Å². The SMILES string of the molecule is Cc1cc(C)c(NC(=O)C2CCC(C(=O)NCC(C)C)CC2)c(Cl)c1. The molecule has 4 nitrogen and oxygen atoms in total. The van der Waals surface area contributed by atoms with Gasteiger partial charge in [-0.05, 0) is 62.6 Å². The van der Waals surface area contributed by atoms with Crippen molar-refractivity contribution in [1.29, 1.82) is 0 Å². The van der Waals surface area contributed by atoms with E-state index in [-0.39, 0.29) is 23.7 Å². The molecule has 0 heterocycles. The monoisotopic (exact) mass is 364 g/mol. The number of carbonyl (C=O) groups excluding carboxylic acids is 2. The summed E-state index contributed by atoms with van der Waals surface area (Å²) in [6.45, 7) is 8.81. The summed E-state index contributed by atoms with van der Waals surface area (Å²) in [5, 5.41) is 6.56. The molecular weight excluding hydrogens is 336 g/mol. The Balaban J connectivity index is 1.88. The number of benzene rings is 1. The highest BCUT2D eigenvalue weighted by molar-refractivity contribution is 6.34. The Morgan fingerprint density at radius 1 is 1.08 bits per heavy atom. The van der Waals surface area contributed by atoms with Crippen LogP contribution in [0, 0.1) is 31.6 Å². The molecule has 1 fully saturated rings. The smallest absolute Gasteiger partial charge is 0.227 e. The summed E-state index contributed by atoms with van der Waals surface area (Å²) in [6, 6.07) is 3.87. The van der Waals surface area contributed by atoms with E-state index >= 15 is 0 Å². The molecule has 0 aromatic heterocycles. The summed E-state index contributed by atoms with van der Waals surface area (Å²) >= 11 is 6.28. The zero-order valence-corrected chi connectivity index (χ0v) is 16.4. The van der Waals surface area contributed by atoms with E-state index in [0.29, 0.717) is 23.2 Å². The highest BCUT2D eigenvalue weighted by Gasteiger charge is 2.30. The molecule has 0 aliphatic heterocycles. The molecule has 138 valence electrons. The van der Waals surface area contributed by atoms with E-state index in [1.54, 1.807) is 0 Å². The Kier molecular flexibility index (Phi) is 6.88. The number of carbonyl (C=O) groups is 2. The van der Waals surface area contributed by atoms with Gasteiger partial charge in [0.05, 0.1) is 10.7 Å².